The van der Waals surface area contributed by atoms with Crippen LogP contribution >= 0.6 is 15.9 Å². The van der Waals surface area contributed by atoms with Gasteiger partial charge in [0.2, 0.25) is 11.8 Å². The first kappa shape index (κ1) is 29.9. The van der Waals surface area contributed by atoms with Gasteiger partial charge in [0, 0.05) is 22.9 Å². The molecule has 0 heterocycles. The van der Waals surface area contributed by atoms with Crippen molar-refractivity contribution in [2.24, 2.45) is 11.3 Å². The lowest BCUT2D eigenvalue weighted by molar-refractivity contribution is -0.127. The van der Waals surface area contributed by atoms with Gasteiger partial charge in [-0.25, -0.2) is 8.78 Å². The van der Waals surface area contributed by atoms with E-state index in [9.17, 15) is 18.4 Å². The van der Waals surface area contributed by atoms with Gasteiger partial charge in [0.25, 0.3) is 0 Å². The van der Waals surface area contributed by atoms with E-state index in [-0.39, 0.29) is 46.7 Å². The molecule has 4 nitrogen and oxygen atoms in total. The highest BCUT2D eigenvalue weighted by atomic mass is 79.9. The van der Waals surface area contributed by atoms with Crippen LogP contribution in [0.1, 0.15) is 81.5 Å². The molecule has 0 saturated heterocycles. The maximum absolute atomic E-state index is 13.9. The summed E-state index contributed by atoms with van der Waals surface area (Å²) in [5, 5.41) is 6.40. The van der Waals surface area contributed by atoms with Crippen LogP contribution in [-0.2, 0) is 9.59 Å². The molecule has 0 aromatic heterocycles. The van der Waals surface area contributed by atoms with Gasteiger partial charge in [0.1, 0.15) is 11.6 Å². The third-order valence-corrected chi connectivity index (χ3v) is 8.17. The van der Waals surface area contributed by atoms with Crippen molar-refractivity contribution >= 4 is 27.7 Å². The second-order valence-corrected chi connectivity index (χ2v) is 12.9. The van der Waals surface area contributed by atoms with Crippen LogP contribution in [0.15, 0.2) is 77.3 Å². The van der Waals surface area contributed by atoms with Gasteiger partial charge in [0.05, 0.1) is 6.04 Å². The van der Waals surface area contributed by atoms with E-state index >= 15 is 0 Å². The van der Waals surface area contributed by atoms with Gasteiger partial charge in [-0.2, -0.15) is 0 Å². The van der Waals surface area contributed by atoms with E-state index in [1.807, 2.05) is 24.3 Å². The number of amides is 2. The molecule has 2 N–H and O–H groups in total. The Morgan fingerprint density at radius 3 is 1.95 bits per heavy atom. The first-order valence-corrected chi connectivity index (χ1v) is 14.6. The molecular formula is C33H37BrF2N2O2. The van der Waals surface area contributed by atoms with E-state index < -0.39 is 6.04 Å². The molecule has 0 unspecified atom stereocenters. The number of halogens is 3. The third kappa shape index (κ3) is 8.23. The highest BCUT2D eigenvalue weighted by molar-refractivity contribution is 9.10. The maximum Gasteiger partial charge on any atom is 0.224 e. The SMILES string of the molecule is CC(C)(C)CCC(=O)N[C@@H]1CC[C@@H](C(=O)NC(c2ccc(F)cc2)c2ccc(F)cc2)[C@H](c2ccc(Br)cc2)C1. The van der Waals surface area contributed by atoms with E-state index in [0.717, 1.165) is 16.5 Å². The van der Waals surface area contributed by atoms with Gasteiger partial charge in [-0.1, -0.05) is 73.1 Å². The summed E-state index contributed by atoms with van der Waals surface area (Å²) in [4.78, 5) is 26.6. The van der Waals surface area contributed by atoms with Crippen molar-refractivity contribution in [2.75, 3.05) is 0 Å². The number of carbonyl (C=O) groups is 2. The molecule has 2 amide bonds. The van der Waals surface area contributed by atoms with Crippen LogP contribution in [0.3, 0.4) is 0 Å². The van der Waals surface area contributed by atoms with E-state index in [4.69, 9.17) is 0 Å². The van der Waals surface area contributed by atoms with Crippen molar-refractivity contribution in [1.29, 1.82) is 0 Å². The first-order chi connectivity index (χ1) is 19.0. The lowest BCUT2D eigenvalue weighted by Crippen LogP contribution is -2.45. The van der Waals surface area contributed by atoms with Crippen LogP contribution < -0.4 is 10.6 Å². The number of nitrogens with one attached hydrogen (secondary N) is 2. The van der Waals surface area contributed by atoms with Crippen molar-refractivity contribution in [1.82, 2.24) is 10.6 Å². The van der Waals surface area contributed by atoms with Crippen LogP contribution in [0.2, 0.25) is 0 Å². The Bertz CT molecular complexity index is 1240. The van der Waals surface area contributed by atoms with Crippen LogP contribution in [0, 0.1) is 23.0 Å². The predicted molar refractivity (Wildman–Crippen MR) is 158 cm³/mol. The quantitative estimate of drug-likeness (QED) is 0.273. The fourth-order valence-electron chi connectivity index (χ4n) is 5.40. The van der Waals surface area contributed by atoms with Crippen molar-refractivity contribution < 1.29 is 18.4 Å². The fraction of sp³-hybridized carbons (Fsp3) is 0.394. The summed E-state index contributed by atoms with van der Waals surface area (Å²) >= 11 is 3.50. The predicted octanol–water partition coefficient (Wildman–Crippen LogP) is 7.83. The van der Waals surface area contributed by atoms with Crippen molar-refractivity contribution in [3.05, 3.63) is 106 Å². The largest absolute Gasteiger partial charge is 0.353 e. The summed E-state index contributed by atoms with van der Waals surface area (Å²) in [6.07, 6.45) is 3.24. The molecule has 0 radical (unpaired) electrons. The van der Waals surface area contributed by atoms with Gasteiger partial charge in [-0.3, -0.25) is 9.59 Å². The Morgan fingerprint density at radius 2 is 1.43 bits per heavy atom. The molecule has 1 aliphatic rings. The molecule has 3 atom stereocenters. The number of hydrogen-bond donors (Lipinski definition) is 2. The molecule has 7 heteroatoms. The van der Waals surface area contributed by atoms with Gasteiger partial charge in [-0.05, 0) is 90.1 Å². The van der Waals surface area contributed by atoms with Crippen LogP contribution in [0.25, 0.3) is 0 Å². The average Bonchev–Trinajstić information content (AvgIpc) is 2.92. The molecule has 1 fully saturated rings. The molecule has 4 rings (SSSR count). The van der Waals surface area contributed by atoms with Crippen LogP contribution in [0.4, 0.5) is 8.78 Å². The highest BCUT2D eigenvalue weighted by Crippen LogP contribution is 2.39. The van der Waals surface area contributed by atoms with Gasteiger partial charge in [-0.15, -0.1) is 0 Å². The van der Waals surface area contributed by atoms with Crippen molar-refractivity contribution in [3.63, 3.8) is 0 Å². The van der Waals surface area contributed by atoms with Gasteiger partial charge >= 0.3 is 0 Å². The summed E-state index contributed by atoms with van der Waals surface area (Å²) in [7, 11) is 0. The molecule has 1 saturated carbocycles. The molecule has 0 spiro atoms. The summed E-state index contributed by atoms with van der Waals surface area (Å²) < 4.78 is 28.3. The number of rotatable bonds is 8. The standard InChI is InChI=1S/C33H37BrF2N2O2/c1-33(2,3)19-18-30(39)37-27-16-17-28(29(20-27)21-4-10-24(34)11-5-21)32(40)38-31(22-6-12-25(35)13-7-22)23-8-14-26(36)15-9-23/h4-15,27-29,31H,16-20H2,1-3H3,(H,37,39)(H,38,40)/t27-,28-,29+/m1/s1. The summed E-state index contributed by atoms with van der Waals surface area (Å²) in [5.41, 5.74) is 2.54. The Balaban J connectivity index is 1.56. The molecule has 3 aromatic rings. The van der Waals surface area contributed by atoms with E-state index in [0.29, 0.717) is 36.8 Å². The minimum Gasteiger partial charge on any atom is -0.353 e. The number of hydrogen-bond acceptors (Lipinski definition) is 2. The Kier molecular flexibility index (Phi) is 9.77. The molecule has 1 aliphatic carbocycles. The maximum atomic E-state index is 13.9. The van der Waals surface area contributed by atoms with E-state index in [2.05, 4.69) is 47.3 Å². The molecule has 212 valence electrons. The van der Waals surface area contributed by atoms with Crippen LogP contribution in [0.5, 0.6) is 0 Å². The topological polar surface area (TPSA) is 58.2 Å². The van der Waals surface area contributed by atoms with Gasteiger partial charge < -0.3 is 10.6 Å². The van der Waals surface area contributed by atoms with E-state index in [1.165, 1.54) is 24.3 Å². The lowest BCUT2D eigenvalue weighted by Gasteiger charge is -2.37. The highest BCUT2D eigenvalue weighted by Gasteiger charge is 2.37. The molecule has 40 heavy (non-hydrogen) atoms. The summed E-state index contributed by atoms with van der Waals surface area (Å²) in [5.74, 6) is -1.24. The molecule has 3 aromatic carbocycles. The summed E-state index contributed by atoms with van der Waals surface area (Å²) in [6, 6.07) is 19.4. The summed E-state index contributed by atoms with van der Waals surface area (Å²) in [6.45, 7) is 6.37. The second-order valence-electron chi connectivity index (χ2n) is 11.9. The first-order valence-electron chi connectivity index (χ1n) is 13.8. The zero-order chi connectivity index (χ0) is 28.9. The normalized spacial score (nSPS) is 19.3. The monoisotopic (exact) mass is 610 g/mol. The minimum absolute atomic E-state index is 0.0184. The zero-order valence-electron chi connectivity index (χ0n) is 23.2. The van der Waals surface area contributed by atoms with Crippen molar-refractivity contribution in [3.8, 4) is 0 Å². The van der Waals surface area contributed by atoms with Crippen LogP contribution in [-0.4, -0.2) is 17.9 Å². The van der Waals surface area contributed by atoms with Crippen molar-refractivity contribution in [2.45, 2.75) is 70.9 Å². The fourth-order valence-corrected chi connectivity index (χ4v) is 5.67. The minimum atomic E-state index is -0.561. The molecular weight excluding hydrogens is 574 g/mol. The Labute approximate surface area is 244 Å². The second kappa shape index (κ2) is 13.1. The Morgan fingerprint density at radius 1 is 0.875 bits per heavy atom. The average molecular weight is 612 g/mol. The van der Waals surface area contributed by atoms with Gasteiger partial charge in [0.15, 0.2) is 0 Å². The lowest BCUT2D eigenvalue weighted by atomic mass is 9.72. The number of benzene rings is 3. The molecule has 0 bridgehead atoms. The van der Waals surface area contributed by atoms with E-state index in [1.54, 1.807) is 24.3 Å². The Hall–Kier alpha value is -3.06. The molecule has 0 aliphatic heterocycles. The zero-order valence-corrected chi connectivity index (χ0v) is 24.8. The number of carbonyl (C=O) groups excluding carboxylic acids is 2. The third-order valence-electron chi connectivity index (χ3n) is 7.65. The smallest absolute Gasteiger partial charge is 0.224 e.